The van der Waals surface area contributed by atoms with E-state index in [-0.39, 0.29) is 18.5 Å². The van der Waals surface area contributed by atoms with Crippen LogP contribution in [-0.4, -0.2) is 29.5 Å². The number of nitrogens with zero attached hydrogens (tertiary/aromatic N) is 2. The van der Waals surface area contributed by atoms with Crippen LogP contribution in [0.25, 0.3) is 11.4 Å². The summed E-state index contributed by atoms with van der Waals surface area (Å²) in [5, 5.41) is 3.85. The van der Waals surface area contributed by atoms with E-state index in [1.807, 2.05) is 0 Å². The van der Waals surface area contributed by atoms with Gasteiger partial charge in [0.1, 0.15) is 12.4 Å². The lowest BCUT2D eigenvalue weighted by Gasteiger charge is -2.07. The predicted octanol–water partition coefficient (Wildman–Crippen LogP) is 2.57. The molecule has 0 radical (unpaired) electrons. The van der Waals surface area contributed by atoms with Gasteiger partial charge in [0, 0.05) is 12.2 Å². The van der Waals surface area contributed by atoms with Crippen molar-refractivity contribution in [2.24, 2.45) is 0 Å². The highest BCUT2D eigenvalue weighted by molar-refractivity contribution is 5.53. The van der Waals surface area contributed by atoms with Crippen LogP contribution in [0, 0.1) is 5.82 Å². The molecule has 0 amide bonds. The topological polar surface area (TPSA) is 57.4 Å². The normalized spacial score (nSPS) is 18.6. The van der Waals surface area contributed by atoms with Gasteiger partial charge < -0.3 is 14.0 Å². The molecule has 0 bridgehead atoms. The minimum atomic E-state index is -0.294. The van der Waals surface area contributed by atoms with Crippen LogP contribution in [0.15, 0.2) is 28.8 Å². The molecule has 3 rings (SSSR count). The molecule has 1 aromatic heterocycles. The van der Waals surface area contributed by atoms with Crippen molar-refractivity contribution in [3.63, 3.8) is 0 Å². The first-order valence-electron chi connectivity index (χ1n) is 6.59. The summed E-state index contributed by atoms with van der Waals surface area (Å²) >= 11 is 0. The SMILES string of the molecule is Fc1ccc(-c2noc(COCC3CCCO3)n2)cc1. The average molecular weight is 278 g/mol. The standard InChI is InChI=1S/C14H15FN2O3/c15-11-5-3-10(4-6-11)14-16-13(20-17-14)9-18-8-12-2-1-7-19-12/h3-6,12H,1-2,7-9H2. The predicted molar refractivity (Wildman–Crippen MR) is 68.3 cm³/mol. The maximum absolute atomic E-state index is 12.8. The number of aromatic nitrogens is 2. The lowest BCUT2D eigenvalue weighted by Crippen LogP contribution is -2.13. The van der Waals surface area contributed by atoms with E-state index in [9.17, 15) is 4.39 Å². The van der Waals surface area contributed by atoms with Crippen LogP contribution in [0.5, 0.6) is 0 Å². The summed E-state index contributed by atoms with van der Waals surface area (Å²) in [6.45, 7) is 1.60. The Balaban J connectivity index is 1.55. The summed E-state index contributed by atoms with van der Waals surface area (Å²) in [6, 6.07) is 5.94. The molecule has 0 saturated carbocycles. The first-order valence-corrected chi connectivity index (χ1v) is 6.59. The first-order chi connectivity index (χ1) is 9.81. The maximum atomic E-state index is 12.8. The molecule has 1 unspecified atom stereocenters. The first kappa shape index (κ1) is 13.2. The minimum absolute atomic E-state index is 0.175. The van der Waals surface area contributed by atoms with Gasteiger partial charge in [0.25, 0.3) is 5.89 Å². The van der Waals surface area contributed by atoms with Crippen molar-refractivity contribution in [1.82, 2.24) is 10.1 Å². The highest BCUT2D eigenvalue weighted by Crippen LogP contribution is 2.17. The lowest BCUT2D eigenvalue weighted by atomic mass is 10.2. The summed E-state index contributed by atoms with van der Waals surface area (Å²) < 4.78 is 28.9. The van der Waals surface area contributed by atoms with Crippen LogP contribution >= 0.6 is 0 Å². The average Bonchev–Trinajstić information content (AvgIpc) is 3.11. The highest BCUT2D eigenvalue weighted by atomic mass is 19.1. The van der Waals surface area contributed by atoms with Crippen LogP contribution in [0.2, 0.25) is 0 Å². The monoisotopic (exact) mass is 278 g/mol. The molecule has 1 saturated heterocycles. The Labute approximate surface area is 115 Å². The number of hydrogen-bond donors (Lipinski definition) is 0. The summed E-state index contributed by atoms with van der Waals surface area (Å²) in [5.41, 5.74) is 0.709. The van der Waals surface area contributed by atoms with Gasteiger partial charge in [0.2, 0.25) is 5.82 Å². The molecule has 1 aliphatic rings. The van der Waals surface area contributed by atoms with E-state index in [1.54, 1.807) is 12.1 Å². The zero-order valence-electron chi connectivity index (χ0n) is 10.9. The summed E-state index contributed by atoms with van der Waals surface area (Å²) in [4.78, 5) is 4.21. The second-order valence-corrected chi connectivity index (χ2v) is 4.67. The van der Waals surface area contributed by atoms with Crippen LogP contribution in [-0.2, 0) is 16.1 Å². The van der Waals surface area contributed by atoms with Crippen molar-refractivity contribution in [3.8, 4) is 11.4 Å². The van der Waals surface area contributed by atoms with E-state index >= 15 is 0 Å². The Morgan fingerprint density at radius 2 is 2.15 bits per heavy atom. The lowest BCUT2D eigenvalue weighted by molar-refractivity contribution is 0.00325. The second kappa shape index (κ2) is 6.11. The number of rotatable bonds is 5. The number of halogens is 1. The van der Waals surface area contributed by atoms with Gasteiger partial charge in [0.15, 0.2) is 0 Å². The molecule has 2 aromatic rings. The third-order valence-corrected chi connectivity index (χ3v) is 3.12. The molecule has 1 aromatic carbocycles. The number of hydrogen-bond acceptors (Lipinski definition) is 5. The Bertz CT molecular complexity index is 550. The van der Waals surface area contributed by atoms with Crippen molar-refractivity contribution in [2.75, 3.05) is 13.2 Å². The molecular formula is C14H15FN2O3. The molecule has 1 fully saturated rings. The van der Waals surface area contributed by atoms with Crippen molar-refractivity contribution in [1.29, 1.82) is 0 Å². The largest absolute Gasteiger partial charge is 0.376 e. The minimum Gasteiger partial charge on any atom is -0.376 e. The molecule has 0 aliphatic carbocycles. The maximum Gasteiger partial charge on any atom is 0.252 e. The van der Waals surface area contributed by atoms with Crippen molar-refractivity contribution in [2.45, 2.75) is 25.6 Å². The van der Waals surface area contributed by atoms with Gasteiger partial charge in [-0.15, -0.1) is 0 Å². The fourth-order valence-corrected chi connectivity index (χ4v) is 2.08. The quantitative estimate of drug-likeness (QED) is 0.841. The van der Waals surface area contributed by atoms with Crippen LogP contribution in [0.4, 0.5) is 4.39 Å². The van der Waals surface area contributed by atoms with Gasteiger partial charge >= 0.3 is 0 Å². The van der Waals surface area contributed by atoms with E-state index in [0.717, 1.165) is 19.4 Å². The molecule has 1 aliphatic heterocycles. The number of benzene rings is 1. The van der Waals surface area contributed by atoms with Crippen molar-refractivity contribution in [3.05, 3.63) is 36.0 Å². The second-order valence-electron chi connectivity index (χ2n) is 4.67. The smallest absolute Gasteiger partial charge is 0.252 e. The van der Waals surface area contributed by atoms with Gasteiger partial charge in [-0.05, 0) is 37.1 Å². The molecular weight excluding hydrogens is 263 g/mol. The Morgan fingerprint density at radius 3 is 2.90 bits per heavy atom. The molecule has 6 heteroatoms. The van der Waals surface area contributed by atoms with Gasteiger partial charge in [-0.2, -0.15) is 4.98 Å². The Hall–Kier alpha value is -1.79. The number of ether oxygens (including phenoxy) is 2. The van der Waals surface area contributed by atoms with Crippen LogP contribution in [0.1, 0.15) is 18.7 Å². The highest BCUT2D eigenvalue weighted by Gasteiger charge is 2.16. The zero-order valence-corrected chi connectivity index (χ0v) is 10.9. The summed E-state index contributed by atoms with van der Waals surface area (Å²) in [5.74, 6) is 0.542. The molecule has 1 atom stereocenters. The van der Waals surface area contributed by atoms with Crippen LogP contribution < -0.4 is 0 Å². The van der Waals surface area contributed by atoms with E-state index in [2.05, 4.69) is 10.1 Å². The van der Waals surface area contributed by atoms with Gasteiger partial charge in [-0.25, -0.2) is 4.39 Å². The zero-order chi connectivity index (χ0) is 13.8. The Kier molecular flexibility index (Phi) is 4.03. The fraction of sp³-hybridized carbons (Fsp3) is 0.429. The van der Waals surface area contributed by atoms with E-state index in [1.165, 1.54) is 12.1 Å². The Morgan fingerprint density at radius 1 is 1.30 bits per heavy atom. The van der Waals surface area contributed by atoms with Crippen molar-refractivity contribution < 1.29 is 18.4 Å². The summed E-state index contributed by atoms with van der Waals surface area (Å²) in [6.07, 6.45) is 2.29. The summed E-state index contributed by atoms with van der Waals surface area (Å²) in [7, 11) is 0. The third kappa shape index (κ3) is 3.20. The fourth-order valence-electron chi connectivity index (χ4n) is 2.08. The van der Waals surface area contributed by atoms with E-state index in [4.69, 9.17) is 14.0 Å². The molecule has 0 N–H and O–H groups in total. The molecule has 2 heterocycles. The van der Waals surface area contributed by atoms with Crippen LogP contribution in [0.3, 0.4) is 0 Å². The van der Waals surface area contributed by atoms with Gasteiger partial charge in [-0.3, -0.25) is 0 Å². The third-order valence-electron chi connectivity index (χ3n) is 3.12. The van der Waals surface area contributed by atoms with Crippen molar-refractivity contribution >= 4 is 0 Å². The van der Waals surface area contributed by atoms with E-state index in [0.29, 0.717) is 23.9 Å². The molecule has 0 spiro atoms. The van der Waals surface area contributed by atoms with E-state index < -0.39 is 0 Å². The molecule has 20 heavy (non-hydrogen) atoms. The molecule has 106 valence electrons. The van der Waals surface area contributed by atoms with Gasteiger partial charge in [-0.1, -0.05) is 5.16 Å². The molecule has 5 nitrogen and oxygen atoms in total. The van der Waals surface area contributed by atoms with Gasteiger partial charge in [0.05, 0.1) is 12.7 Å².